The fraction of sp³-hybridized carbons (Fsp3) is 0.588. The van der Waals surface area contributed by atoms with Gasteiger partial charge in [-0.3, -0.25) is 0 Å². The Bertz CT molecular complexity index is 473. The molecular formula is C17H25NO3. The second-order valence-electron chi connectivity index (χ2n) is 5.78. The van der Waals surface area contributed by atoms with Crippen molar-refractivity contribution in [2.75, 3.05) is 18.5 Å². The first-order valence-electron chi connectivity index (χ1n) is 7.76. The first-order valence-corrected chi connectivity index (χ1v) is 7.76. The smallest absolute Gasteiger partial charge is 0.340 e. The highest BCUT2D eigenvalue weighted by molar-refractivity contribution is 5.95. The normalized spacial score (nSPS) is 22.1. The molecule has 0 spiro atoms. The third-order valence-electron chi connectivity index (χ3n) is 3.84. The molecule has 2 unspecified atom stereocenters. The second kappa shape index (κ2) is 7.46. The summed E-state index contributed by atoms with van der Waals surface area (Å²) < 4.78 is 10.9. The van der Waals surface area contributed by atoms with Gasteiger partial charge in [-0.1, -0.05) is 26.0 Å². The Hall–Kier alpha value is -1.55. The molecule has 1 aromatic carbocycles. The van der Waals surface area contributed by atoms with Crippen molar-refractivity contribution < 1.29 is 14.3 Å². The zero-order chi connectivity index (χ0) is 15.2. The van der Waals surface area contributed by atoms with Crippen molar-refractivity contribution in [2.24, 2.45) is 5.92 Å². The molecule has 2 atom stereocenters. The molecule has 0 saturated carbocycles. The van der Waals surface area contributed by atoms with E-state index in [0.717, 1.165) is 25.1 Å². The maximum absolute atomic E-state index is 12.0. The van der Waals surface area contributed by atoms with Crippen LogP contribution in [-0.2, 0) is 9.47 Å². The minimum Gasteiger partial charge on any atom is -0.462 e. The van der Waals surface area contributed by atoms with Gasteiger partial charge in [-0.2, -0.15) is 0 Å². The Morgan fingerprint density at radius 1 is 1.43 bits per heavy atom. The van der Waals surface area contributed by atoms with Crippen LogP contribution in [0.5, 0.6) is 0 Å². The zero-order valence-corrected chi connectivity index (χ0v) is 13.1. The molecule has 1 N–H and O–H groups in total. The number of rotatable bonds is 5. The molecular weight excluding hydrogens is 266 g/mol. The zero-order valence-electron chi connectivity index (χ0n) is 13.1. The van der Waals surface area contributed by atoms with Crippen LogP contribution in [0.1, 0.15) is 44.0 Å². The standard InChI is InChI=1S/C17H25NO3/c1-4-20-17(19)14-7-5-6-8-15(14)18-13-9-10-21-16(11-13)12(2)3/h5-8,12-13,16,18H,4,9-11H2,1-3H3. The number of para-hydroxylation sites is 1. The van der Waals surface area contributed by atoms with E-state index in [1.165, 1.54) is 0 Å². The third kappa shape index (κ3) is 4.21. The van der Waals surface area contributed by atoms with Crippen molar-refractivity contribution >= 4 is 11.7 Å². The number of carbonyl (C=O) groups is 1. The Morgan fingerprint density at radius 2 is 2.19 bits per heavy atom. The van der Waals surface area contributed by atoms with Crippen LogP contribution < -0.4 is 5.32 Å². The van der Waals surface area contributed by atoms with E-state index in [4.69, 9.17) is 9.47 Å². The maximum Gasteiger partial charge on any atom is 0.340 e. The van der Waals surface area contributed by atoms with Gasteiger partial charge in [-0.15, -0.1) is 0 Å². The summed E-state index contributed by atoms with van der Waals surface area (Å²) in [6, 6.07) is 7.87. The minimum absolute atomic E-state index is 0.270. The lowest BCUT2D eigenvalue weighted by molar-refractivity contribution is -0.0160. The number of esters is 1. The van der Waals surface area contributed by atoms with Gasteiger partial charge in [0, 0.05) is 18.3 Å². The van der Waals surface area contributed by atoms with Gasteiger partial charge < -0.3 is 14.8 Å². The van der Waals surface area contributed by atoms with E-state index in [2.05, 4.69) is 19.2 Å². The quantitative estimate of drug-likeness (QED) is 0.844. The summed E-state index contributed by atoms with van der Waals surface area (Å²) in [5.74, 6) is 0.239. The number of carbonyl (C=O) groups excluding carboxylic acids is 1. The van der Waals surface area contributed by atoms with Crippen molar-refractivity contribution in [3.8, 4) is 0 Å². The van der Waals surface area contributed by atoms with E-state index in [1.54, 1.807) is 6.07 Å². The Kier molecular flexibility index (Phi) is 5.62. The summed E-state index contributed by atoms with van der Waals surface area (Å²) in [5, 5.41) is 3.49. The van der Waals surface area contributed by atoms with Gasteiger partial charge in [0.25, 0.3) is 0 Å². The number of hydrogen-bond acceptors (Lipinski definition) is 4. The van der Waals surface area contributed by atoms with E-state index in [-0.39, 0.29) is 12.1 Å². The monoisotopic (exact) mass is 291 g/mol. The maximum atomic E-state index is 12.0. The number of benzene rings is 1. The van der Waals surface area contributed by atoms with Gasteiger partial charge in [0.15, 0.2) is 0 Å². The molecule has 1 saturated heterocycles. The second-order valence-corrected chi connectivity index (χ2v) is 5.78. The Morgan fingerprint density at radius 3 is 2.90 bits per heavy atom. The van der Waals surface area contributed by atoms with Gasteiger partial charge in [0.05, 0.1) is 18.3 Å². The average molecular weight is 291 g/mol. The molecule has 0 amide bonds. The summed E-state index contributed by atoms with van der Waals surface area (Å²) in [6.07, 6.45) is 2.21. The number of nitrogens with one attached hydrogen (secondary N) is 1. The molecule has 4 heteroatoms. The largest absolute Gasteiger partial charge is 0.462 e. The summed E-state index contributed by atoms with van der Waals surface area (Å²) >= 11 is 0. The molecule has 4 nitrogen and oxygen atoms in total. The highest BCUT2D eigenvalue weighted by atomic mass is 16.5. The summed E-state index contributed by atoms with van der Waals surface area (Å²) in [6.45, 7) is 7.33. The Balaban J connectivity index is 2.07. The van der Waals surface area contributed by atoms with Gasteiger partial charge in [-0.25, -0.2) is 4.79 Å². The molecule has 21 heavy (non-hydrogen) atoms. The molecule has 0 radical (unpaired) electrons. The SMILES string of the molecule is CCOC(=O)c1ccccc1NC1CCOC(C(C)C)C1. The lowest BCUT2D eigenvalue weighted by Crippen LogP contribution is -2.37. The molecule has 1 aromatic rings. The lowest BCUT2D eigenvalue weighted by atomic mass is 9.95. The molecule has 0 aromatic heterocycles. The van der Waals surface area contributed by atoms with Crippen LogP contribution >= 0.6 is 0 Å². The van der Waals surface area contributed by atoms with Crippen molar-refractivity contribution in [1.29, 1.82) is 0 Å². The lowest BCUT2D eigenvalue weighted by Gasteiger charge is -2.33. The molecule has 0 bridgehead atoms. The number of anilines is 1. The van der Waals surface area contributed by atoms with Crippen LogP contribution in [0, 0.1) is 5.92 Å². The van der Waals surface area contributed by atoms with E-state index in [1.807, 2.05) is 25.1 Å². The van der Waals surface area contributed by atoms with Crippen LogP contribution in [0.15, 0.2) is 24.3 Å². The summed E-state index contributed by atoms with van der Waals surface area (Å²) in [5.41, 5.74) is 1.46. The number of ether oxygens (including phenoxy) is 2. The molecule has 1 heterocycles. The summed E-state index contributed by atoms with van der Waals surface area (Å²) in [4.78, 5) is 12.0. The van der Waals surface area contributed by atoms with Gasteiger partial charge in [0.1, 0.15) is 0 Å². The van der Waals surface area contributed by atoms with E-state index in [0.29, 0.717) is 24.1 Å². The third-order valence-corrected chi connectivity index (χ3v) is 3.84. The summed E-state index contributed by atoms with van der Waals surface area (Å²) in [7, 11) is 0. The van der Waals surface area contributed by atoms with Crippen LogP contribution in [0.2, 0.25) is 0 Å². The molecule has 1 aliphatic heterocycles. The first kappa shape index (κ1) is 15.8. The topological polar surface area (TPSA) is 47.6 Å². The van der Waals surface area contributed by atoms with Gasteiger partial charge >= 0.3 is 5.97 Å². The predicted molar refractivity (Wildman–Crippen MR) is 83.6 cm³/mol. The van der Waals surface area contributed by atoms with Gasteiger partial charge in [-0.05, 0) is 37.8 Å². The first-order chi connectivity index (χ1) is 10.1. The van der Waals surface area contributed by atoms with Crippen molar-refractivity contribution in [2.45, 2.75) is 45.8 Å². The molecule has 2 rings (SSSR count). The van der Waals surface area contributed by atoms with Crippen LogP contribution in [-0.4, -0.2) is 31.3 Å². The predicted octanol–water partition coefficient (Wildman–Crippen LogP) is 3.48. The molecule has 1 aliphatic rings. The Labute approximate surface area is 126 Å². The fourth-order valence-electron chi connectivity index (χ4n) is 2.64. The minimum atomic E-state index is -0.270. The molecule has 0 aliphatic carbocycles. The van der Waals surface area contributed by atoms with E-state index >= 15 is 0 Å². The van der Waals surface area contributed by atoms with Crippen LogP contribution in [0.4, 0.5) is 5.69 Å². The van der Waals surface area contributed by atoms with Crippen molar-refractivity contribution in [3.63, 3.8) is 0 Å². The van der Waals surface area contributed by atoms with Crippen LogP contribution in [0.3, 0.4) is 0 Å². The van der Waals surface area contributed by atoms with Crippen molar-refractivity contribution in [3.05, 3.63) is 29.8 Å². The molecule has 116 valence electrons. The van der Waals surface area contributed by atoms with Gasteiger partial charge in [0.2, 0.25) is 0 Å². The highest BCUT2D eigenvalue weighted by Gasteiger charge is 2.25. The number of hydrogen-bond donors (Lipinski definition) is 1. The van der Waals surface area contributed by atoms with E-state index in [9.17, 15) is 4.79 Å². The average Bonchev–Trinajstić information content (AvgIpc) is 2.48. The van der Waals surface area contributed by atoms with E-state index < -0.39 is 0 Å². The highest BCUT2D eigenvalue weighted by Crippen LogP contribution is 2.25. The molecule has 1 fully saturated rings. The van der Waals surface area contributed by atoms with Crippen molar-refractivity contribution in [1.82, 2.24) is 0 Å². The van der Waals surface area contributed by atoms with Crippen LogP contribution in [0.25, 0.3) is 0 Å². The fourth-order valence-corrected chi connectivity index (χ4v) is 2.64.